The van der Waals surface area contributed by atoms with E-state index in [4.69, 9.17) is 11.0 Å². The van der Waals surface area contributed by atoms with E-state index in [-0.39, 0.29) is 0 Å². The van der Waals surface area contributed by atoms with Crippen LogP contribution in [0.1, 0.15) is 18.7 Å². The molecule has 3 N–H and O–H groups in total. The molecule has 1 aromatic heterocycles. The lowest BCUT2D eigenvalue weighted by atomic mass is 10.4. The fraction of sp³-hybridized carbons (Fsp3) is 0.444. The molecule has 1 rings (SSSR count). The first kappa shape index (κ1) is 11.2. The summed E-state index contributed by atoms with van der Waals surface area (Å²) < 4.78 is 0. The molecule has 5 heteroatoms. The van der Waals surface area contributed by atoms with Crippen LogP contribution in [0, 0.1) is 11.3 Å². The Bertz CT molecular complexity index is 363. The molecule has 0 saturated carbocycles. The lowest BCUT2D eigenvalue weighted by molar-refractivity contribution is 0.900. The molecule has 0 aliphatic rings. The first-order valence-corrected chi connectivity index (χ1v) is 6.27. The lowest BCUT2D eigenvalue weighted by Crippen LogP contribution is -2.08. The van der Waals surface area contributed by atoms with Gasteiger partial charge in [-0.3, -0.25) is 0 Å². The summed E-state index contributed by atoms with van der Waals surface area (Å²) in [6.07, 6.45) is 1.96. The molecule has 0 spiro atoms. The van der Waals surface area contributed by atoms with E-state index >= 15 is 0 Å². The van der Waals surface area contributed by atoms with Gasteiger partial charge in [0.05, 0.1) is 10.6 Å². The summed E-state index contributed by atoms with van der Waals surface area (Å²) in [5.74, 6) is 0. The van der Waals surface area contributed by atoms with Crippen molar-refractivity contribution in [2.45, 2.75) is 24.8 Å². The average Bonchev–Trinajstić information content (AvgIpc) is 2.41. The number of nitrogens with one attached hydrogen (secondary N) is 1. The van der Waals surface area contributed by atoms with E-state index in [0.717, 1.165) is 9.90 Å². The quantitative estimate of drug-likeness (QED) is 0.779. The van der Waals surface area contributed by atoms with Crippen molar-refractivity contribution >= 4 is 33.8 Å². The summed E-state index contributed by atoms with van der Waals surface area (Å²) in [7, 11) is 0. The van der Waals surface area contributed by atoms with E-state index in [1.807, 2.05) is 6.26 Å². The molecule has 0 fully saturated rings. The van der Waals surface area contributed by atoms with Gasteiger partial charge >= 0.3 is 0 Å². The number of hydrogen-bond acceptors (Lipinski definition) is 5. The summed E-state index contributed by atoms with van der Waals surface area (Å²) in [6.45, 7) is 4.12. The number of nitrogens with zero attached hydrogens (tertiary/aromatic N) is 1. The third kappa shape index (κ3) is 2.14. The van der Waals surface area contributed by atoms with Crippen molar-refractivity contribution in [3.8, 4) is 6.07 Å². The second-order valence-electron chi connectivity index (χ2n) is 3.12. The van der Waals surface area contributed by atoms with Crippen molar-refractivity contribution < 1.29 is 0 Å². The van der Waals surface area contributed by atoms with Crippen LogP contribution in [0.5, 0.6) is 0 Å². The number of anilines is 2. The maximum Gasteiger partial charge on any atom is 0.131 e. The van der Waals surface area contributed by atoms with Crippen molar-refractivity contribution in [1.29, 1.82) is 5.26 Å². The van der Waals surface area contributed by atoms with Crippen molar-refractivity contribution in [2.75, 3.05) is 17.3 Å². The smallest absolute Gasteiger partial charge is 0.131 e. The molecule has 0 aromatic carbocycles. The zero-order valence-electron chi connectivity index (χ0n) is 8.42. The molecule has 0 aliphatic heterocycles. The third-order valence-corrected chi connectivity index (χ3v) is 3.63. The van der Waals surface area contributed by atoms with Gasteiger partial charge in [-0.15, -0.1) is 23.1 Å². The molecule has 1 heterocycles. The molecular weight excluding hydrogens is 214 g/mol. The third-order valence-electron chi connectivity index (χ3n) is 1.63. The highest BCUT2D eigenvalue weighted by atomic mass is 32.2. The highest BCUT2D eigenvalue weighted by Crippen LogP contribution is 2.41. The minimum absolute atomic E-state index is 0.352. The molecule has 0 saturated heterocycles. The molecule has 0 amide bonds. The van der Waals surface area contributed by atoms with Crippen LogP contribution in [-0.2, 0) is 0 Å². The van der Waals surface area contributed by atoms with Gasteiger partial charge in [-0.1, -0.05) is 0 Å². The highest BCUT2D eigenvalue weighted by Gasteiger charge is 2.15. The van der Waals surface area contributed by atoms with Gasteiger partial charge in [-0.2, -0.15) is 5.26 Å². The Morgan fingerprint density at radius 2 is 2.21 bits per heavy atom. The zero-order valence-corrected chi connectivity index (χ0v) is 10.1. The standard InChI is InChI=1S/C9H13N3S2/c1-5(2)12-9-8(13-3)7(11)6(4-10)14-9/h5,12H,11H2,1-3H3. The van der Waals surface area contributed by atoms with E-state index in [9.17, 15) is 0 Å². The van der Waals surface area contributed by atoms with Gasteiger partial charge in [-0.05, 0) is 20.1 Å². The zero-order chi connectivity index (χ0) is 10.7. The van der Waals surface area contributed by atoms with Crippen molar-refractivity contribution in [3.05, 3.63) is 4.88 Å². The first-order valence-electron chi connectivity index (χ1n) is 4.23. The van der Waals surface area contributed by atoms with Gasteiger partial charge in [-0.25, -0.2) is 0 Å². The van der Waals surface area contributed by atoms with Gasteiger partial charge in [0, 0.05) is 6.04 Å². The Labute approximate surface area is 92.3 Å². The molecule has 76 valence electrons. The van der Waals surface area contributed by atoms with E-state index in [1.54, 1.807) is 11.8 Å². The van der Waals surface area contributed by atoms with Crippen LogP contribution in [0.3, 0.4) is 0 Å². The van der Waals surface area contributed by atoms with E-state index in [2.05, 4.69) is 25.2 Å². The normalized spacial score (nSPS) is 10.2. The Hall–Kier alpha value is -0.860. The maximum absolute atomic E-state index is 8.83. The Morgan fingerprint density at radius 3 is 2.64 bits per heavy atom. The fourth-order valence-electron chi connectivity index (χ4n) is 1.07. The minimum atomic E-state index is 0.352. The minimum Gasteiger partial charge on any atom is -0.396 e. The average molecular weight is 227 g/mol. The van der Waals surface area contributed by atoms with E-state index in [0.29, 0.717) is 16.6 Å². The Kier molecular flexibility index (Phi) is 3.67. The van der Waals surface area contributed by atoms with Crippen LogP contribution < -0.4 is 11.1 Å². The largest absolute Gasteiger partial charge is 0.396 e. The van der Waals surface area contributed by atoms with E-state index in [1.165, 1.54) is 11.3 Å². The van der Waals surface area contributed by atoms with Crippen LogP contribution in [0.2, 0.25) is 0 Å². The van der Waals surface area contributed by atoms with Gasteiger partial charge in [0.2, 0.25) is 0 Å². The number of nitrogen functional groups attached to an aromatic ring is 1. The highest BCUT2D eigenvalue weighted by molar-refractivity contribution is 7.99. The molecule has 0 bridgehead atoms. The van der Waals surface area contributed by atoms with Crippen LogP contribution in [0.15, 0.2) is 4.90 Å². The summed E-state index contributed by atoms with van der Waals surface area (Å²) in [5.41, 5.74) is 6.43. The molecule has 0 atom stereocenters. The van der Waals surface area contributed by atoms with Crippen LogP contribution in [0.4, 0.5) is 10.7 Å². The number of hydrogen-bond donors (Lipinski definition) is 2. The molecular formula is C9H13N3S2. The SMILES string of the molecule is CSc1c(NC(C)C)sc(C#N)c1N. The molecule has 0 unspecified atom stereocenters. The second-order valence-corrected chi connectivity index (χ2v) is 4.96. The van der Waals surface area contributed by atoms with E-state index < -0.39 is 0 Å². The van der Waals surface area contributed by atoms with Gasteiger partial charge in [0.15, 0.2) is 0 Å². The number of rotatable bonds is 3. The van der Waals surface area contributed by atoms with Crippen molar-refractivity contribution in [3.63, 3.8) is 0 Å². The number of nitriles is 1. The summed E-state index contributed by atoms with van der Waals surface area (Å²) in [5, 5.41) is 13.1. The Balaban J connectivity index is 3.10. The lowest BCUT2D eigenvalue weighted by Gasteiger charge is -2.08. The summed E-state index contributed by atoms with van der Waals surface area (Å²) in [6, 6.07) is 2.46. The monoisotopic (exact) mass is 227 g/mol. The molecule has 0 radical (unpaired) electrons. The van der Waals surface area contributed by atoms with Crippen LogP contribution >= 0.6 is 23.1 Å². The van der Waals surface area contributed by atoms with Gasteiger partial charge < -0.3 is 11.1 Å². The molecule has 1 aromatic rings. The fourth-order valence-corrected chi connectivity index (χ4v) is 3.04. The molecule has 3 nitrogen and oxygen atoms in total. The van der Waals surface area contributed by atoms with Crippen molar-refractivity contribution in [2.24, 2.45) is 0 Å². The number of nitrogens with two attached hydrogens (primary N) is 1. The second kappa shape index (κ2) is 4.58. The maximum atomic E-state index is 8.83. The van der Waals surface area contributed by atoms with Crippen LogP contribution in [-0.4, -0.2) is 12.3 Å². The van der Waals surface area contributed by atoms with Crippen LogP contribution in [0.25, 0.3) is 0 Å². The first-order chi connectivity index (χ1) is 6.60. The van der Waals surface area contributed by atoms with Gasteiger partial charge in [0.1, 0.15) is 15.9 Å². The molecule has 14 heavy (non-hydrogen) atoms. The number of thioether (sulfide) groups is 1. The summed E-state index contributed by atoms with van der Waals surface area (Å²) >= 11 is 2.99. The molecule has 0 aliphatic carbocycles. The number of thiophene rings is 1. The Morgan fingerprint density at radius 1 is 1.57 bits per heavy atom. The summed E-state index contributed by atoms with van der Waals surface area (Å²) in [4.78, 5) is 1.58. The predicted octanol–water partition coefficient (Wildman–Crippen LogP) is 2.74. The van der Waals surface area contributed by atoms with Crippen molar-refractivity contribution in [1.82, 2.24) is 0 Å². The topological polar surface area (TPSA) is 61.8 Å². The van der Waals surface area contributed by atoms with Gasteiger partial charge in [0.25, 0.3) is 0 Å². The predicted molar refractivity (Wildman–Crippen MR) is 64.0 cm³/mol.